The predicted molar refractivity (Wildman–Crippen MR) is 67.4 cm³/mol. The molecule has 1 heterocycles. The van der Waals surface area contributed by atoms with Crippen molar-refractivity contribution in [2.24, 2.45) is 0 Å². The molecule has 5 heteroatoms. The minimum Gasteiger partial charge on any atom is -0.481 e. The van der Waals surface area contributed by atoms with Crippen LogP contribution in [0.15, 0.2) is 12.1 Å². The Morgan fingerprint density at radius 3 is 2.67 bits per heavy atom. The minimum absolute atomic E-state index is 0.0819. The highest BCUT2D eigenvalue weighted by molar-refractivity contribution is 5.69. The lowest BCUT2D eigenvalue weighted by atomic mass is 10.1. The highest BCUT2D eigenvalue weighted by Crippen LogP contribution is 2.38. The molecule has 2 rings (SSSR count). The zero-order valence-electron chi connectivity index (χ0n) is 10.8. The van der Waals surface area contributed by atoms with Crippen LogP contribution in [-0.4, -0.2) is 31.0 Å². The number of ether oxygens (including phenoxy) is 2. The average molecular weight is 251 g/mol. The maximum atomic E-state index is 10.7. The van der Waals surface area contributed by atoms with Gasteiger partial charge in [-0.15, -0.1) is 0 Å². The van der Waals surface area contributed by atoms with E-state index in [2.05, 4.69) is 0 Å². The first-order valence-electron chi connectivity index (χ1n) is 5.84. The quantitative estimate of drug-likeness (QED) is 0.887. The van der Waals surface area contributed by atoms with E-state index in [9.17, 15) is 4.79 Å². The summed E-state index contributed by atoms with van der Waals surface area (Å²) in [6, 6.07) is 3.74. The molecule has 1 aliphatic rings. The van der Waals surface area contributed by atoms with Gasteiger partial charge in [-0.05, 0) is 25.5 Å². The smallest absolute Gasteiger partial charge is 0.305 e. The van der Waals surface area contributed by atoms with Gasteiger partial charge in [0.2, 0.25) is 6.79 Å². The summed E-state index contributed by atoms with van der Waals surface area (Å²) in [4.78, 5) is 12.7. The molecule has 1 aromatic carbocycles. The maximum absolute atomic E-state index is 10.7. The van der Waals surface area contributed by atoms with Crippen molar-refractivity contribution >= 4 is 11.7 Å². The van der Waals surface area contributed by atoms with Gasteiger partial charge in [-0.1, -0.05) is 0 Å². The molecule has 1 N–H and O–H groups in total. The molecule has 0 aromatic heterocycles. The summed E-state index contributed by atoms with van der Waals surface area (Å²) in [6.07, 6.45) is 0.102. The van der Waals surface area contributed by atoms with E-state index in [4.69, 9.17) is 14.6 Å². The fourth-order valence-corrected chi connectivity index (χ4v) is 2.04. The molecule has 0 amide bonds. The predicted octanol–water partition coefficient (Wildman–Crippen LogP) is 2.02. The molecule has 0 saturated heterocycles. The molecule has 0 fully saturated rings. The number of anilines is 1. The highest BCUT2D eigenvalue weighted by Gasteiger charge is 2.20. The van der Waals surface area contributed by atoms with Gasteiger partial charge in [0.05, 0.1) is 6.42 Å². The number of aryl methyl sites for hydroxylation is 1. The summed E-state index contributed by atoms with van der Waals surface area (Å²) in [5, 5.41) is 8.83. The molecule has 0 saturated carbocycles. The van der Waals surface area contributed by atoms with E-state index in [-0.39, 0.29) is 19.3 Å². The molecule has 0 spiro atoms. The Morgan fingerprint density at radius 2 is 2.06 bits per heavy atom. The number of nitrogens with zero attached hydrogens (tertiary/aromatic N) is 1. The van der Waals surface area contributed by atoms with Crippen molar-refractivity contribution in [2.45, 2.75) is 26.3 Å². The van der Waals surface area contributed by atoms with Gasteiger partial charge in [0.15, 0.2) is 11.5 Å². The van der Waals surface area contributed by atoms with Crippen LogP contribution in [0.1, 0.15) is 18.9 Å². The molecule has 1 atom stereocenters. The van der Waals surface area contributed by atoms with E-state index in [1.165, 1.54) is 0 Å². The van der Waals surface area contributed by atoms with Crippen LogP contribution in [0.2, 0.25) is 0 Å². The zero-order valence-corrected chi connectivity index (χ0v) is 10.8. The van der Waals surface area contributed by atoms with Gasteiger partial charge >= 0.3 is 5.97 Å². The Hall–Kier alpha value is -1.91. The Labute approximate surface area is 106 Å². The lowest BCUT2D eigenvalue weighted by molar-refractivity contribution is -0.137. The summed E-state index contributed by atoms with van der Waals surface area (Å²) in [5.41, 5.74) is 2.01. The fraction of sp³-hybridized carbons (Fsp3) is 0.462. The van der Waals surface area contributed by atoms with Crippen LogP contribution in [0.4, 0.5) is 5.69 Å². The monoisotopic (exact) mass is 251 g/mol. The first-order valence-corrected chi connectivity index (χ1v) is 5.84. The molecule has 0 bridgehead atoms. The summed E-state index contributed by atoms with van der Waals surface area (Å²) in [7, 11) is 1.89. The summed E-state index contributed by atoms with van der Waals surface area (Å²) < 4.78 is 10.6. The number of carbonyl (C=O) groups is 1. The highest BCUT2D eigenvalue weighted by atomic mass is 16.7. The molecule has 1 unspecified atom stereocenters. The van der Waals surface area contributed by atoms with E-state index in [0.717, 1.165) is 17.0 Å². The Kier molecular flexibility index (Phi) is 3.32. The number of hydrogen-bond acceptors (Lipinski definition) is 4. The van der Waals surface area contributed by atoms with E-state index >= 15 is 0 Å². The van der Waals surface area contributed by atoms with Gasteiger partial charge in [0.1, 0.15) is 0 Å². The number of carboxylic acid groups (broad SMARTS) is 1. The number of benzene rings is 1. The minimum atomic E-state index is -0.798. The van der Waals surface area contributed by atoms with Crippen molar-refractivity contribution in [1.29, 1.82) is 0 Å². The Balaban J connectivity index is 2.25. The van der Waals surface area contributed by atoms with Crippen LogP contribution >= 0.6 is 0 Å². The second-order valence-electron chi connectivity index (χ2n) is 4.55. The lowest BCUT2D eigenvalue weighted by Crippen LogP contribution is -2.31. The second-order valence-corrected chi connectivity index (χ2v) is 4.55. The van der Waals surface area contributed by atoms with Crippen molar-refractivity contribution in [2.75, 3.05) is 18.7 Å². The Morgan fingerprint density at radius 1 is 1.44 bits per heavy atom. The van der Waals surface area contributed by atoms with Crippen LogP contribution in [-0.2, 0) is 4.79 Å². The number of aliphatic carboxylic acids is 1. The molecule has 18 heavy (non-hydrogen) atoms. The van der Waals surface area contributed by atoms with E-state index in [1.807, 2.05) is 37.9 Å². The van der Waals surface area contributed by atoms with Gasteiger partial charge in [-0.25, -0.2) is 0 Å². The van der Waals surface area contributed by atoms with Crippen molar-refractivity contribution in [3.05, 3.63) is 17.7 Å². The van der Waals surface area contributed by atoms with Crippen LogP contribution in [0.5, 0.6) is 11.5 Å². The average Bonchev–Trinajstić information content (AvgIpc) is 2.72. The third-order valence-corrected chi connectivity index (χ3v) is 3.20. The van der Waals surface area contributed by atoms with Crippen LogP contribution < -0.4 is 14.4 Å². The summed E-state index contributed by atoms with van der Waals surface area (Å²) in [5.74, 6) is 0.660. The molecular formula is C13H17NO4. The summed E-state index contributed by atoms with van der Waals surface area (Å²) in [6.45, 7) is 4.10. The third-order valence-electron chi connectivity index (χ3n) is 3.20. The van der Waals surface area contributed by atoms with E-state index in [0.29, 0.717) is 5.75 Å². The molecular weight excluding hydrogens is 234 g/mol. The molecule has 1 aromatic rings. The maximum Gasteiger partial charge on any atom is 0.305 e. The third kappa shape index (κ3) is 2.34. The van der Waals surface area contributed by atoms with Crippen molar-refractivity contribution in [1.82, 2.24) is 0 Å². The first-order chi connectivity index (χ1) is 8.49. The molecule has 0 aliphatic carbocycles. The van der Waals surface area contributed by atoms with Gasteiger partial charge in [-0.2, -0.15) is 0 Å². The SMILES string of the molecule is Cc1cc2c(cc1N(C)C(C)CC(=O)O)OCO2. The van der Waals surface area contributed by atoms with Crippen LogP contribution in [0.3, 0.4) is 0 Å². The van der Waals surface area contributed by atoms with Crippen molar-refractivity contribution in [3.8, 4) is 11.5 Å². The van der Waals surface area contributed by atoms with Crippen molar-refractivity contribution in [3.63, 3.8) is 0 Å². The molecule has 5 nitrogen and oxygen atoms in total. The van der Waals surface area contributed by atoms with Gasteiger partial charge in [-0.3, -0.25) is 4.79 Å². The summed E-state index contributed by atoms with van der Waals surface area (Å²) >= 11 is 0. The normalized spacial score (nSPS) is 14.4. The van der Waals surface area contributed by atoms with Crippen LogP contribution in [0.25, 0.3) is 0 Å². The number of carboxylic acids is 1. The number of fused-ring (bicyclic) bond motifs is 1. The lowest BCUT2D eigenvalue weighted by Gasteiger charge is -2.27. The van der Waals surface area contributed by atoms with Gasteiger partial charge in [0.25, 0.3) is 0 Å². The van der Waals surface area contributed by atoms with Gasteiger partial charge in [0, 0.05) is 24.8 Å². The van der Waals surface area contributed by atoms with E-state index in [1.54, 1.807) is 0 Å². The topological polar surface area (TPSA) is 59.0 Å². The molecule has 1 aliphatic heterocycles. The van der Waals surface area contributed by atoms with E-state index < -0.39 is 5.97 Å². The molecule has 0 radical (unpaired) electrons. The largest absolute Gasteiger partial charge is 0.481 e. The number of rotatable bonds is 4. The fourth-order valence-electron chi connectivity index (χ4n) is 2.04. The molecule has 98 valence electrons. The standard InChI is InChI=1S/C13H17NO4/c1-8-4-11-12(18-7-17-11)6-10(8)14(3)9(2)5-13(15)16/h4,6,9H,5,7H2,1-3H3,(H,15,16). The van der Waals surface area contributed by atoms with Crippen molar-refractivity contribution < 1.29 is 19.4 Å². The zero-order chi connectivity index (χ0) is 13.3. The second kappa shape index (κ2) is 4.76. The van der Waals surface area contributed by atoms with Crippen LogP contribution in [0, 0.1) is 6.92 Å². The first kappa shape index (κ1) is 12.5. The number of hydrogen-bond donors (Lipinski definition) is 1. The Bertz CT molecular complexity index is 472. The van der Waals surface area contributed by atoms with Gasteiger partial charge < -0.3 is 19.5 Å².